The molecule has 0 saturated heterocycles. The number of aliphatic hydroxyl groups is 1. The summed E-state index contributed by atoms with van der Waals surface area (Å²) in [5.41, 5.74) is 0. The quantitative estimate of drug-likeness (QED) is 0.737. The number of likely N-dealkylation sites (N-methyl/N-ethyl adjacent to an activating group) is 2. The smallest absolute Gasteiger partial charge is 0.0580 e. The van der Waals surface area contributed by atoms with Gasteiger partial charge in [0.1, 0.15) is 0 Å². The molecule has 0 aromatic rings. The fourth-order valence-electron chi connectivity index (χ4n) is 2.74. The standard InChI is InChI=1S/C14H30N2O/c1-4-16(5-2)11-10-15(3)12-13-8-6-7-9-14(13)17/h13-14,17H,4-12H2,1-3H3. The molecule has 1 aliphatic carbocycles. The molecule has 3 nitrogen and oxygen atoms in total. The summed E-state index contributed by atoms with van der Waals surface area (Å²) in [6.45, 7) is 10.0. The predicted octanol–water partition coefficient (Wildman–Crippen LogP) is 1.81. The lowest BCUT2D eigenvalue weighted by Crippen LogP contribution is -2.39. The van der Waals surface area contributed by atoms with E-state index in [2.05, 4.69) is 30.7 Å². The van der Waals surface area contributed by atoms with Crippen molar-refractivity contribution in [2.24, 2.45) is 5.92 Å². The Morgan fingerprint density at radius 1 is 1.06 bits per heavy atom. The maximum Gasteiger partial charge on any atom is 0.0580 e. The largest absolute Gasteiger partial charge is 0.393 e. The Hall–Kier alpha value is -0.120. The highest BCUT2D eigenvalue weighted by Gasteiger charge is 2.23. The normalized spacial score (nSPS) is 25.8. The van der Waals surface area contributed by atoms with Gasteiger partial charge in [-0.05, 0) is 38.9 Å². The molecule has 0 aromatic heterocycles. The Kier molecular flexibility index (Phi) is 7.09. The first-order chi connectivity index (χ1) is 8.17. The van der Waals surface area contributed by atoms with Gasteiger partial charge in [-0.25, -0.2) is 0 Å². The summed E-state index contributed by atoms with van der Waals surface area (Å²) in [6, 6.07) is 0. The van der Waals surface area contributed by atoms with Crippen LogP contribution in [-0.4, -0.2) is 60.8 Å². The molecule has 1 fully saturated rings. The zero-order valence-electron chi connectivity index (χ0n) is 11.9. The third kappa shape index (κ3) is 5.36. The lowest BCUT2D eigenvalue weighted by Gasteiger charge is -2.32. The summed E-state index contributed by atoms with van der Waals surface area (Å²) in [7, 11) is 2.19. The summed E-state index contributed by atoms with van der Waals surface area (Å²) in [6.07, 6.45) is 4.66. The van der Waals surface area contributed by atoms with Crippen molar-refractivity contribution >= 4 is 0 Å². The molecule has 17 heavy (non-hydrogen) atoms. The van der Waals surface area contributed by atoms with E-state index in [0.717, 1.165) is 39.1 Å². The molecular formula is C14H30N2O. The molecule has 0 aliphatic heterocycles. The van der Waals surface area contributed by atoms with Crippen molar-refractivity contribution in [3.63, 3.8) is 0 Å². The predicted molar refractivity (Wildman–Crippen MR) is 73.2 cm³/mol. The highest BCUT2D eigenvalue weighted by atomic mass is 16.3. The van der Waals surface area contributed by atoms with Gasteiger partial charge in [0.25, 0.3) is 0 Å². The number of hydrogen-bond acceptors (Lipinski definition) is 3. The molecule has 1 N–H and O–H groups in total. The van der Waals surface area contributed by atoms with Crippen molar-refractivity contribution < 1.29 is 5.11 Å². The minimum Gasteiger partial charge on any atom is -0.393 e. The zero-order valence-corrected chi connectivity index (χ0v) is 11.9. The fourth-order valence-corrected chi connectivity index (χ4v) is 2.74. The summed E-state index contributed by atoms with van der Waals surface area (Å²) in [4.78, 5) is 4.84. The number of nitrogens with zero attached hydrogens (tertiary/aromatic N) is 2. The van der Waals surface area contributed by atoms with E-state index in [4.69, 9.17) is 0 Å². The van der Waals surface area contributed by atoms with Crippen LogP contribution in [0.2, 0.25) is 0 Å². The second-order valence-electron chi connectivity index (χ2n) is 5.40. The van der Waals surface area contributed by atoms with E-state index in [0.29, 0.717) is 5.92 Å². The summed E-state index contributed by atoms with van der Waals surface area (Å²) in [5, 5.41) is 9.95. The van der Waals surface area contributed by atoms with Gasteiger partial charge in [-0.15, -0.1) is 0 Å². The van der Waals surface area contributed by atoms with E-state index in [-0.39, 0.29) is 6.10 Å². The molecule has 0 bridgehead atoms. The third-order valence-corrected chi connectivity index (χ3v) is 4.11. The average molecular weight is 242 g/mol. The first-order valence-electron chi connectivity index (χ1n) is 7.26. The molecule has 3 heteroatoms. The van der Waals surface area contributed by atoms with Gasteiger partial charge in [-0.2, -0.15) is 0 Å². The van der Waals surface area contributed by atoms with Gasteiger partial charge in [0.15, 0.2) is 0 Å². The number of aliphatic hydroxyl groups excluding tert-OH is 1. The van der Waals surface area contributed by atoms with Gasteiger partial charge in [-0.3, -0.25) is 0 Å². The Morgan fingerprint density at radius 2 is 1.71 bits per heavy atom. The summed E-state index contributed by atoms with van der Waals surface area (Å²) < 4.78 is 0. The van der Waals surface area contributed by atoms with Gasteiger partial charge in [0, 0.05) is 19.6 Å². The van der Waals surface area contributed by atoms with Crippen LogP contribution in [0, 0.1) is 5.92 Å². The average Bonchev–Trinajstić information content (AvgIpc) is 2.33. The van der Waals surface area contributed by atoms with E-state index in [9.17, 15) is 5.11 Å². The van der Waals surface area contributed by atoms with Crippen LogP contribution in [0.1, 0.15) is 39.5 Å². The van der Waals surface area contributed by atoms with Gasteiger partial charge >= 0.3 is 0 Å². The van der Waals surface area contributed by atoms with Crippen LogP contribution in [0.5, 0.6) is 0 Å². The van der Waals surface area contributed by atoms with Crippen LogP contribution in [0.4, 0.5) is 0 Å². The highest BCUT2D eigenvalue weighted by molar-refractivity contribution is 4.77. The zero-order chi connectivity index (χ0) is 12.7. The lowest BCUT2D eigenvalue weighted by molar-refractivity contribution is 0.0499. The second-order valence-corrected chi connectivity index (χ2v) is 5.40. The molecule has 1 saturated carbocycles. The van der Waals surface area contributed by atoms with Gasteiger partial charge in [0.2, 0.25) is 0 Å². The molecule has 0 spiro atoms. The topological polar surface area (TPSA) is 26.7 Å². The molecular weight excluding hydrogens is 212 g/mol. The molecule has 0 heterocycles. The van der Waals surface area contributed by atoms with Crippen molar-refractivity contribution in [2.45, 2.75) is 45.6 Å². The second kappa shape index (κ2) is 8.06. The monoisotopic (exact) mass is 242 g/mol. The first kappa shape index (κ1) is 14.9. The third-order valence-electron chi connectivity index (χ3n) is 4.11. The Labute approximate surface area is 107 Å². The van der Waals surface area contributed by atoms with E-state index < -0.39 is 0 Å². The summed E-state index contributed by atoms with van der Waals surface area (Å²) >= 11 is 0. The molecule has 2 unspecified atom stereocenters. The number of rotatable bonds is 7. The van der Waals surface area contributed by atoms with Gasteiger partial charge in [-0.1, -0.05) is 26.7 Å². The van der Waals surface area contributed by atoms with E-state index in [1.807, 2.05) is 0 Å². The Bertz CT molecular complexity index is 195. The van der Waals surface area contributed by atoms with E-state index >= 15 is 0 Å². The molecule has 0 aromatic carbocycles. The van der Waals surface area contributed by atoms with Crippen LogP contribution in [0.3, 0.4) is 0 Å². The minimum atomic E-state index is -0.0559. The lowest BCUT2D eigenvalue weighted by atomic mass is 9.86. The molecule has 1 rings (SSSR count). The number of hydrogen-bond donors (Lipinski definition) is 1. The van der Waals surface area contributed by atoms with E-state index in [1.54, 1.807) is 0 Å². The van der Waals surface area contributed by atoms with Crippen molar-refractivity contribution in [1.82, 2.24) is 9.80 Å². The highest BCUT2D eigenvalue weighted by Crippen LogP contribution is 2.24. The van der Waals surface area contributed by atoms with Crippen molar-refractivity contribution in [2.75, 3.05) is 39.8 Å². The fraction of sp³-hybridized carbons (Fsp3) is 1.00. The molecule has 2 atom stereocenters. The van der Waals surface area contributed by atoms with Crippen molar-refractivity contribution in [1.29, 1.82) is 0 Å². The van der Waals surface area contributed by atoms with E-state index in [1.165, 1.54) is 19.3 Å². The van der Waals surface area contributed by atoms with Crippen LogP contribution in [0.25, 0.3) is 0 Å². The van der Waals surface area contributed by atoms with Crippen LogP contribution >= 0.6 is 0 Å². The molecule has 102 valence electrons. The minimum absolute atomic E-state index is 0.0559. The van der Waals surface area contributed by atoms with Crippen LogP contribution < -0.4 is 0 Å². The van der Waals surface area contributed by atoms with Gasteiger partial charge in [0.05, 0.1) is 6.10 Å². The molecule has 0 radical (unpaired) electrons. The van der Waals surface area contributed by atoms with Gasteiger partial charge < -0.3 is 14.9 Å². The van der Waals surface area contributed by atoms with Crippen LogP contribution in [-0.2, 0) is 0 Å². The summed E-state index contributed by atoms with van der Waals surface area (Å²) in [5.74, 6) is 0.505. The Morgan fingerprint density at radius 3 is 2.29 bits per heavy atom. The maximum absolute atomic E-state index is 9.95. The van der Waals surface area contributed by atoms with Crippen LogP contribution in [0.15, 0.2) is 0 Å². The molecule has 1 aliphatic rings. The van der Waals surface area contributed by atoms with Crippen molar-refractivity contribution in [3.05, 3.63) is 0 Å². The SMILES string of the molecule is CCN(CC)CCN(C)CC1CCCCC1O. The van der Waals surface area contributed by atoms with Crippen molar-refractivity contribution in [3.8, 4) is 0 Å². The Balaban J connectivity index is 2.21. The first-order valence-corrected chi connectivity index (χ1v) is 7.26. The molecule has 0 amide bonds. The maximum atomic E-state index is 9.95.